The molecular weight excluding hydrogens is 544 g/mol. The zero-order chi connectivity index (χ0) is 30.6. The van der Waals surface area contributed by atoms with Crippen molar-refractivity contribution >= 4 is 11.4 Å². The van der Waals surface area contributed by atoms with E-state index in [4.69, 9.17) is 11.1 Å². The highest BCUT2D eigenvalue weighted by atomic mass is 14.7. The molecule has 45 heavy (non-hydrogen) atoms. The highest BCUT2D eigenvalue weighted by Crippen LogP contribution is 2.43. The first-order chi connectivity index (χ1) is 22.1. The van der Waals surface area contributed by atoms with E-state index in [1.165, 1.54) is 44.5 Å². The second kappa shape index (κ2) is 12.5. The van der Waals surface area contributed by atoms with Crippen LogP contribution in [0.3, 0.4) is 0 Å². The first kappa shape index (κ1) is 28.1. The van der Waals surface area contributed by atoms with Crippen molar-refractivity contribution in [2.24, 2.45) is 5.73 Å². The molecule has 0 saturated heterocycles. The van der Waals surface area contributed by atoms with Gasteiger partial charge in [-0.2, -0.15) is 0 Å². The maximum atomic E-state index is 7.84. The fourth-order valence-corrected chi connectivity index (χ4v) is 6.21. The molecule has 6 aromatic carbocycles. The van der Waals surface area contributed by atoms with Gasteiger partial charge in [0.2, 0.25) is 0 Å². The van der Waals surface area contributed by atoms with Crippen LogP contribution in [-0.4, -0.2) is 5.84 Å². The van der Waals surface area contributed by atoms with Gasteiger partial charge in [-0.3, -0.25) is 5.41 Å². The van der Waals surface area contributed by atoms with Crippen molar-refractivity contribution in [3.05, 3.63) is 175 Å². The Bertz CT molecular complexity index is 1990. The molecule has 0 aliphatic heterocycles. The van der Waals surface area contributed by atoms with Crippen molar-refractivity contribution in [1.82, 2.24) is 0 Å². The van der Waals surface area contributed by atoms with Crippen LogP contribution in [-0.2, 0) is 0 Å². The molecule has 0 radical (unpaired) electrons. The topological polar surface area (TPSA) is 49.9 Å². The first-order valence-corrected chi connectivity index (χ1v) is 15.5. The van der Waals surface area contributed by atoms with Crippen LogP contribution in [0.5, 0.6) is 0 Å². The van der Waals surface area contributed by atoms with Gasteiger partial charge in [0.1, 0.15) is 5.84 Å². The Labute approximate surface area is 265 Å². The molecule has 0 aromatic heterocycles. The van der Waals surface area contributed by atoms with Gasteiger partial charge in [0.15, 0.2) is 0 Å². The fourth-order valence-electron chi connectivity index (χ4n) is 6.21. The number of rotatable bonds is 7. The molecule has 2 nitrogen and oxygen atoms in total. The second-order valence-corrected chi connectivity index (χ2v) is 11.5. The van der Waals surface area contributed by atoms with E-state index in [-0.39, 0.29) is 5.84 Å². The molecule has 6 aromatic rings. The number of amidine groups is 1. The first-order valence-electron chi connectivity index (χ1n) is 15.5. The van der Waals surface area contributed by atoms with E-state index in [1.54, 1.807) is 0 Å². The fraction of sp³-hybridized carbons (Fsp3) is 0.0465. The predicted molar refractivity (Wildman–Crippen MR) is 191 cm³/mol. The summed E-state index contributed by atoms with van der Waals surface area (Å²) in [5.74, 6) is 0.0771. The Morgan fingerprint density at radius 2 is 1.00 bits per heavy atom. The molecular formula is C43H34N2. The highest BCUT2D eigenvalue weighted by Gasteiger charge is 2.18. The van der Waals surface area contributed by atoms with Crippen molar-refractivity contribution in [3.63, 3.8) is 0 Å². The molecule has 2 heteroatoms. The van der Waals surface area contributed by atoms with Crippen LogP contribution in [0.1, 0.15) is 24.0 Å². The van der Waals surface area contributed by atoms with E-state index < -0.39 is 0 Å². The van der Waals surface area contributed by atoms with E-state index in [9.17, 15) is 0 Å². The van der Waals surface area contributed by atoms with Gasteiger partial charge in [0.25, 0.3) is 0 Å². The van der Waals surface area contributed by atoms with Crippen LogP contribution >= 0.6 is 0 Å². The van der Waals surface area contributed by atoms with E-state index in [1.807, 2.05) is 18.2 Å². The smallest absolute Gasteiger partial charge is 0.122 e. The highest BCUT2D eigenvalue weighted by molar-refractivity contribution is 5.98. The van der Waals surface area contributed by atoms with Gasteiger partial charge in [-0.15, -0.1) is 0 Å². The molecule has 3 N–H and O–H groups in total. The van der Waals surface area contributed by atoms with Gasteiger partial charge in [-0.05, 0) is 104 Å². The minimum Gasteiger partial charge on any atom is -0.384 e. The van der Waals surface area contributed by atoms with Gasteiger partial charge in [0, 0.05) is 5.56 Å². The minimum absolute atomic E-state index is 0.0771. The summed E-state index contributed by atoms with van der Waals surface area (Å²) in [5, 5.41) is 7.84. The van der Waals surface area contributed by atoms with Crippen LogP contribution in [0.15, 0.2) is 164 Å². The van der Waals surface area contributed by atoms with E-state index in [2.05, 4.69) is 146 Å². The molecule has 0 amide bonds. The van der Waals surface area contributed by atoms with Crippen molar-refractivity contribution in [2.75, 3.05) is 0 Å². The Balaban J connectivity index is 1.35. The predicted octanol–water partition coefficient (Wildman–Crippen LogP) is 11.0. The standard InChI is InChI=1S/C43H34N2/c44-43(45)38-21-11-20-37(27-38)36-19-10-18-35(26-36)31-22-24-34(25-23-31)42-40(32-14-6-2-7-15-32)28-39(30-12-4-1-5-13-30)29-41(42)33-16-8-3-9-17-33/h2-4,6-29H,1,5H2,(H3,44,45). The van der Waals surface area contributed by atoms with Crippen LogP contribution in [0.25, 0.3) is 61.2 Å². The molecule has 0 unspecified atom stereocenters. The monoisotopic (exact) mass is 578 g/mol. The molecule has 1 aliphatic carbocycles. The Hall–Kier alpha value is -5.73. The number of nitrogens with two attached hydrogens (primary N) is 1. The summed E-state index contributed by atoms with van der Waals surface area (Å²) in [5.41, 5.74) is 20.7. The van der Waals surface area contributed by atoms with Crippen LogP contribution in [0, 0.1) is 5.41 Å². The summed E-state index contributed by atoms with van der Waals surface area (Å²) in [6.07, 6.45) is 9.07. The van der Waals surface area contributed by atoms with Crippen molar-refractivity contribution in [2.45, 2.75) is 12.8 Å². The van der Waals surface area contributed by atoms with Gasteiger partial charge < -0.3 is 5.73 Å². The molecule has 7 rings (SSSR count). The number of nitrogen functional groups attached to an aromatic ring is 1. The molecule has 0 bridgehead atoms. The van der Waals surface area contributed by atoms with E-state index in [0.29, 0.717) is 0 Å². The SMILES string of the molecule is N=C(N)c1cccc(-c2cccc(-c3ccc(-c4c(-c5ccccc5)cc(C5=CCCC=C5)cc4-c4ccccc4)cc3)c2)c1. The molecule has 0 spiro atoms. The summed E-state index contributed by atoms with van der Waals surface area (Å²) in [6, 6.07) is 51.6. The van der Waals surface area contributed by atoms with Crippen molar-refractivity contribution in [1.29, 1.82) is 5.41 Å². The lowest BCUT2D eigenvalue weighted by molar-refractivity contribution is 1.04. The van der Waals surface area contributed by atoms with Crippen molar-refractivity contribution < 1.29 is 0 Å². The molecule has 0 heterocycles. The van der Waals surface area contributed by atoms with Gasteiger partial charge in [-0.1, -0.05) is 140 Å². The average Bonchev–Trinajstić information content (AvgIpc) is 3.12. The summed E-state index contributed by atoms with van der Waals surface area (Å²) in [6.45, 7) is 0. The van der Waals surface area contributed by atoms with Gasteiger partial charge in [-0.25, -0.2) is 0 Å². The Kier molecular flexibility index (Phi) is 7.78. The lowest BCUT2D eigenvalue weighted by atomic mass is 9.83. The largest absolute Gasteiger partial charge is 0.384 e. The molecule has 1 aliphatic rings. The normalized spacial score (nSPS) is 12.5. The summed E-state index contributed by atoms with van der Waals surface area (Å²) in [7, 11) is 0. The van der Waals surface area contributed by atoms with Gasteiger partial charge in [0.05, 0.1) is 0 Å². The Morgan fingerprint density at radius 1 is 0.467 bits per heavy atom. The maximum absolute atomic E-state index is 7.84. The maximum Gasteiger partial charge on any atom is 0.122 e. The third-order valence-corrected chi connectivity index (χ3v) is 8.51. The summed E-state index contributed by atoms with van der Waals surface area (Å²) < 4.78 is 0. The average molecular weight is 579 g/mol. The number of allylic oxidation sites excluding steroid dienone is 4. The minimum atomic E-state index is 0.0771. The van der Waals surface area contributed by atoms with Crippen LogP contribution < -0.4 is 5.73 Å². The van der Waals surface area contributed by atoms with E-state index >= 15 is 0 Å². The quantitative estimate of drug-likeness (QED) is 0.144. The summed E-state index contributed by atoms with van der Waals surface area (Å²) in [4.78, 5) is 0. The summed E-state index contributed by atoms with van der Waals surface area (Å²) >= 11 is 0. The second-order valence-electron chi connectivity index (χ2n) is 11.5. The van der Waals surface area contributed by atoms with Crippen LogP contribution in [0.2, 0.25) is 0 Å². The molecule has 0 atom stereocenters. The zero-order valence-electron chi connectivity index (χ0n) is 25.1. The lowest BCUT2D eigenvalue weighted by Crippen LogP contribution is -2.10. The number of nitrogens with one attached hydrogen (secondary N) is 1. The number of hydrogen-bond donors (Lipinski definition) is 2. The molecule has 216 valence electrons. The zero-order valence-corrected chi connectivity index (χ0v) is 25.1. The number of benzene rings is 6. The number of hydrogen-bond acceptors (Lipinski definition) is 1. The van der Waals surface area contributed by atoms with Gasteiger partial charge >= 0.3 is 0 Å². The lowest BCUT2D eigenvalue weighted by Gasteiger charge is -2.20. The molecule has 0 saturated carbocycles. The Morgan fingerprint density at radius 3 is 1.58 bits per heavy atom. The van der Waals surface area contributed by atoms with Crippen LogP contribution in [0.4, 0.5) is 0 Å². The van der Waals surface area contributed by atoms with E-state index in [0.717, 1.165) is 40.7 Å². The third-order valence-electron chi connectivity index (χ3n) is 8.51. The third kappa shape index (κ3) is 5.91. The van der Waals surface area contributed by atoms with Crippen molar-refractivity contribution in [3.8, 4) is 55.6 Å². The molecule has 0 fully saturated rings.